The molecule has 0 fully saturated rings. The molecule has 96 valence electrons. The van der Waals surface area contributed by atoms with E-state index in [1.54, 1.807) is 0 Å². The Labute approximate surface area is 104 Å². The number of rotatable bonds is 6. The van der Waals surface area contributed by atoms with Crippen molar-refractivity contribution in [3.8, 4) is 0 Å². The summed E-state index contributed by atoms with van der Waals surface area (Å²) in [7, 11) is 2.09. The molecule has 0 aliphatic carbocycles. The second kappa shape index (κ2) is 6.60. The quantitative estimate of drug-likeness (QED) is 0.824. The van der Waals surface area contributed by atoms with Crippen molar-refractivity contribution in [1.29, 1.82) is 0 Å². The fourth-order valence-electron chi connectivity index (χ4n) is 1.88. The van der Waals surface area contributed by atoms with E-state index in [4.69, 9.17) is 0 Å². The van der Waals surface area contributed by atoms with E-state index in [9.17, 15) is 5.11 Å². The average Bonchev–Trinajstić information content (AvgIpc) is 2.37. The molecule has 3 heteroatoms. The Balaban J connectivity index is 2.73. The van der Waals surface area contributed by atoms with Crippen LogP contribution < -0.4 is 4.90 Å². The third kappa shape index (κ3) is 3.70. The van der Waals surface area contributed by atoms with Gasteiger partial charge in [-0.2, -0.15) is 0 Å². The smallest absolute Gasteiger partial charge is 0.0957 e. The second-order valence-electron chi connectivity index (χ2n) is 4.61. The number of aliphatic hydroxyl groups is 1. The van der Waals surface area contributed by atoms with Crippen molar-refractivity contribution in [2.45, 2.75) is 52.2 Å². The third-order valence-corrected chi connectivity index (χ3v) is 3.27. The van der Waals surface area contributed by atoms with Gasteiger partial charge in [-0.25, -0.2) is 0 Å². The van der Waals surface area contributed by atoms with E-state index in [0.717, 1.165) is 11.4 Å². The molecule has 1 rings (SSSR count). The number of hydrogen-bond donors (Lipinski definition) is 1. The molecule has 3 nitrogen and oxygen atoms in total. The van der Waals surface area contributed by atoms with Gasteiger partial charge in [-0.1, -0.05) is 20.3 Å². The van der Waals surface area contributed by atoms with Gasteiger partial charge in [0.25, 0.3) is 0 Å². The summed E-state index contributed by atoms with van der Waals surface area (Å²) in [4.78, 5) is 6.56. The predicted octanol–water partition coefficient (Wildman–Crippen LogP) is 3.15. The van der Waals surface area contributed by atoms with Crippen LogP contribution in [0.4, 0.5) is 5.69 Å². The van der Waals surface area contributed by atoms with E-state index >= 15 is 0 Å². The van der Waals surface area contributed by atoms with Crippen molar-refractivity contribution < 1.29 is 5.11 Å². The molecule has 0 amide bonds. The Morgan fingerprint density at radius 2 is 2.06 bits per heavy atom. The minimum Gasteiger partial charge on any atom is -0.387 e. The van der Waals surface area contributed by atoms with Gasteiger partial charge in [0, 0.05) is 13.1 Å². The highest BCUT2D eigenvalue weighted by atomic mass is 16.3. The van der Waals surface area contributed by atoms with Gasteiger partial charge in [-0.05, 0) is 31.9 Å². The zero-order valence-electron chi connectivity index (χ0n) is 11.3. The van der Waals surface area contributed by atoms with Crippen molar-refractivity contribution >= 4 is 5.69 Å². The third-order valence-electron chi connectivity index (χ3n) is 3.27. The van der Waals surface area contributed by atoms with Crippen LogP contribution >= 0.6 is 0 Å². The van der Waals surface area contributed by atoms with E-state index in [2.05, 4.69) is 30.8 Å². The Morgan fingerprint density at radius 1 is 1.35 bits per heavy atom. The standard InChI is InChI=1S/C14H24N2O/c1-5-7-11(3)16(4)12-8-9-13(15-10-12)14(17)6-2/h8-11,14,17H,5-7H2,1-4H3. The molecule has 0 spiro atoms. The Bertz CT molecular complexity index is 323. The lowest BCUT2D eigenvalue weighted by atomic mass is 10.1. The lowest BCUT2D eigenvalue weighted by molar-refractivity contribution is 0.169. The van der Waals surface area contributed by atoms with Crippen LogP contribution in [0.2, 0.25) is 0 Å². The van der Waals surface area contributed by atoms with Gasteiger partial charge >= 0.3 is 0 Å². The van der Waals surface area contributed by atoms with Crippen molar-refractivity contribution in [2.24, 2.45) is 0 Å². The van der Waals surface area contributed by atoms with Gasteiger partial charge in [-0.15, -0.1) is 0 Å². The summed E-state index contributed by atoms with van der Waals surface area (Å²) in [5.74, 6) is 0. The number of pyridine rings is 1. The largest absolute Gasteiger partial charge is 0.387 e. The summed E-state index contributed by atoms with van der Waals surface area (Å²) in [6, 6.07) is 4.47. The van der Waals surface area contributed by atoms with Crippen LogP contribution in [0, 0.1) is 0 Å². The first kappa shape index (κ1) is 14.0. The number of aromatic nitrogens is 1. The molecule has 0 aromatic carbocycles. The van der Waals surface area contributed by atoms with Crippen LogP contribution in [0.15, 0.2) is 18.3 Å². The van der Waals surface area contributed by atoms with Crippen LogP contribution in [0.5, 0.6) is 0 Å². The number of aliphatic hydroxyl groups excluding tert-OH is 1. The molecular weight excluding hydrogens is 212 g/mol. The SMILES string of the molecule is CCCC(C)N(C)c1ccc(C(O)CC)nc1. The Morgan fingerprint density at radius 3 is 2.53 bits per heavy atom. The van der Waals surface area contributed by atoms with Crippen molar-refractivity contribution in [3.63, 3.8) is 0 Å². The molecule has 1 aromatic heterocycles. The van der Waals surface area contributed by atoms with Crippen LogP contribution in [-0.2, 0) is 0 Å². The Kier molecular flexibility index (Phi) is 5.42. The van der Waals surface area contributed by atoms with E-state index in [0.29, 0.717) is 12.5 Å². The summed E-state index contributed by atoms with van der Waals surface area (Å²) < 4.78 is 0. The van der Waals surface area contributed by atoms with Crippen molar-refractivity contribution in [1.82, 2.24) is 4.98 Å². The molecule has 0 aliphatic heterocycles. The van der Waals surface area contributed by atoms with E-state index in [1.165, 1.54) is 12.8 Å². The summed E-state index contributed by atoms with van der Waals surface area (Å²) >= 11 is 0. The van der Waals surface area contributed by atoms with Gasteiger partial charge in [0.2, 0.25) is 0 Å². The number of nitrogens with zero attached hydrogens (tertiary/aromatic N) is 2. The maximum absolute atomic E-state index is 9.68. The first-order valence-corrected chi connectivity index (χ1v) is 6.47. The molecule has 0 saturated heterocycles. The fourth-order valence-corrected chi connectivity index (χ4v) is 1.88. The summed E-state index contributed by atoms with van der Waals surface area (Å²) in [6.45, 7) is 6.37. The normalized spacial score (nSPS) is 14.4. The molecule has 2 unspecified atom stereocenters. The summed E-state index contributed by atoms with van der Waals surface area (Å²) in [5, 5.41) is 9.68. The average molecular weight is 236 g/mol. The monoisotopic (exact) mass is 236 g/mol. The first-order chi connectivity index (χ1) is 8.10. The number of anilines is 1. The van der Waals surface area contributed by atoms with Gasteiger partial charge in [0.05, 0.1) is 23.7 Å². The maximum atomic E-state index is 9.68. The second-order valence-corrected chi connectivity index (χ2v) is 4.61. The molecule has 0 bridgehead atoms. The lowest BCUT2D eigenvalue weighted by Crippen LogP contribution is -2.28. The van der Waals surface area contributed by atoms with E-state index in [-0.39, 0.29) is 0 Å². The number of hydrogen-bond acceptors (Lipinski definition) is 3. The lowest BCUT2D eigenvalue weighted by Gasteiger charge is -2.26. The van der Waals surface area contributed by atoms with E-state index < -0.39 is 6.10 Å². The van der Waals surface area contributed by atoms with Crippen molar-refractivity contribution in [2.75, 3.05) is 11.9 Å². The minimum atomic E-state index is -0.442. The van der Waals surface area contributed by atoms with Crippen LogP contribution in [0.25, 0.3) is 0 Å². The maximum Gasteiger partial charge on any atom is 0.0957 e. The molecule has 0 radical (unpaired) electrons. The predicted molar refractivity (Wildman–Crippen MR) is 72.3 cm³/mol. The molecule has 2 atom stereocenters. The molecule has 0 aliphatic rings. The van der Waals surface area contributed by atoms with Gasteiger partial charge in [0.15, 0.2) is 0 Å². The van der Waals surface area contributed by atoms with Gasteiger partial charge in [-0.3, -0.25) is 4.98 Å². The fraction of sp³-hybridized carbons (Fsp3) is 0.643. The zero-order valence-corrected chi connectivity index (χ0v) is 11.3. The minimum absolute atomic E-state index is 0.442. The van der Waals surface area contributed by atoms with E-state index in [1.807, 2.05) is 25.3 Å². The van der Waals surface area contributed by atoms with Crippen LogP contribution in [0.1, 0.15) is 51.8 Å². The highest BCUT2D eigenvalue weighted by Gasteiger charge is 2.11. The highest BCUT2D eigenvalue weighted by Crippen LogP contribution is 2.20. The first-order valence-electron chi connectivity index (χ1n) is 6.47. The van der Waals surface area contributed by atoms with Gasteiger partial charge in [0.1, 0.15) is 0 Å². The Hall–Kier alpha value is -1.09. The summed E-state index contributed by atoms with van der Waals surface area (Å²) in [5.41, 5.74) is 1.87. The van der Waals surface area contributed by atoms with Crippen LogP contribution in [0.3, 0.4) is 0 Å². The molecule has 1 N–H and O–H groups in total. The molecular formula is C14H24N2O. The molecule has 1 heterocycles. The highest BCUT2D eigenvalue weighted by molar-refractivity contribution is 5.44. The van der Waals surface area contributed by atoms with Crippen LogP contribution in [-0.4, -0.2) is 23.2 Å². The molecule has 17 heavy (non-hydrogen) atoms. The zero-order chi connectivity index (χ0) is 12.8. The molecule has 0 saturated carbocycles. The topological polar surface area (TPSA) is 36.4 Å². The van der Waals surface area contributed by atoms with Crippen molar-refractivity contribution in [3.05, 3.63) is 24.0 Å². The summed E-state index contributed by atoms with van der Waals surface area (Å²) in [6.07, 6.45) is 4.47. The molecule has 1 aromatic rings. The van der Waals surface area contributed by atoms with Gasteiger partial charge < -0.3 is 10.0 Å².